The molecule has 0 saturated carbocycles. The van der Waals surface area contributed by atoms with Crippen molar-refractivity contribution in [2.75, 3.05) is 32.7 Å². The molecular formula is C13H28N3+. The van der Waals surface area contributed by atoms with Gasteiger partial charge in [0.15, 0.2) is 0 Å². The van der Waals surface area contributed by atoms with Crippen LogP contribution in [0.4, 0.5) is 0 Å². The molecule has 2 saturated heterocycles. The second-order valence-electron chi connectivity index (χ2n) is 5.76. The highest BCUT2D eigenvalue weighted by molar-refractivity contribution is 4.59. The molecule has 2 aliphatic rings. The maximum atomic E-state index is 2.68. The van der Waals surface area contributed by atoms with Crippen LogP contribution in [0.15, 0.2) is 0 Å². The first-order valence-electron chi connectivity index (χ1n) is 7.13. The lowest BCUT2D eigenvalue weighted by Gasteiger charge is -2.38. The first kappa shape index (κ1) is 12.3. The molecule has 0 aliphatic carbocycles. The SMILES string of the molecule is CC(C)C[NH+](N1CCCCC1)N1CCCC1. The van der Waals surface area contributed by atoms with Crippen LogP contribution in [-0.4, -0.2) is 42.7 Å². The molecule has 2 aliphatic heterocycles. The van der Waals surface area contributed by atoms with E-state index in [0.717, 1.165) is 5.92 Å². The van der Waals surface area contributed by atoms with Crippen molar-refractivity contribution in [3.05, 3.63) is 0 Å². The number of piperidine rings is 1. The predicted octanol–water partition coefficient (Wildman–Crippen LogP) is 0.939. The summed E-state index contributed by atoms with van der Waals surface area (Å²) in [6.45, 7) is 11.2. The predicted molar refractivity (Wildman–Crippen MR) is 66.9 cm³/mol. The van der Waals surface area contributed by atoms with Gasteiger partial charge in [0.25, 0.3) is 0 Å². The van der Waals surface area contributed by atoms with E-state index in [0.29, 0.717) is 0 Å². The van der Waals surface area contributed by atoms with E-state index in [2.05, 4.69) is 23.9 Å². The van der Waals surface area contributed by atoms with Gasteiger partial charge in [0.05, 0.1) is 0 Å². The van der Waals surface area contributed by atoms with Crippen LogP contribution in [0, 0.1) is 5.92 Å². The maximum Gasteiger partial charge on any atom is 0.116 e. The van der Waals surface area contributed by atoms with Crippen LogP contribution in [0.25, 0.3) is 0 Å². The molecule has 1 atom stereocenters. The van der Waals surface area contributed by atoms with Crippen molar-refractivity contribution in [1.82, 2.24) is 10.0 Å². The highest BCUT2D eigenvalue weighted by Gasteiger charge is 2.30. The molecule has 16 heavy (non-hydrogen) atoms. The van der Waals surface area contributed by atoms with Crippen molar-refractivity contribution < 1.29 is 5.12 Å². The van der Waals surface area contributed by atoms with Crippen molar-refractivity contribution >= 4 is 0 Å². The zero-order valence-electron chi connectivity index (χ0n) is 11.0. The number of quaternary nitrogens is 1. The van der Waals surface area contributed by atoms with Gasteiger partial charge >= 0.3 is 0 Å². The molecule has 1 unspecified atom stereocenters. The highest BCUT2D eigenvalue weighted by Crippen LogP contribution is 2.07. The van der Waals surface area contributed by atoms with Crippen molar-refractivity contribution in [3.63, 3.8) is 0 Å². The number of hydrogen-bond donors (Lipinski definition) is 1. The Bertz CT molecular complexity index is 193. The summed E-state index contributed by atoms with van der Waals surface area (Å²) < 4.78 is 0. The molecule has 2 rings (SSSR count). The summed E-state index contributed by atoms with van der Waals surface area (Å²) in [5.74, 6) is 0.789. The van der Waals surface area contributed by atoms with Gasteiger partial charge in [-0.15, -0.1) is 10.0 Å². The van der Waals surface area contributed by atoms with Gasteiger partial charge in [0.1, 0.15) is 6.54 Å². The summed E-state index contributed by atoms with van der Waals surface area (Å²) in [5.41, 5.74) is 0. The minimum absolute atomic E-state index is 0.789. The first-order chi connectivity index (χ1) is 7.77. The summed E-state index contributed by atoms with van der Waals surface area (Å²) in [6, 6.07) is 0. The Balaban J connectivity index is 1.94. The molecule has 0 aromatic carbocycles. The summed E-state index contributed by atoms with van der Waals surface area (Å²) in [7, 11) is 0. The van der Waals surface area contributed by atoms with E-state index in [9.17, 15) is 0 Å². The molecule has 0 radical (unpaired) electrons. The normalized spacial score (nSPS) is 26.4. The van der Waals surface area contributed by atoms with E-state index in [4.69, 9.17) is 0 Å². The van der Waals surface area contributed by atoms with E-state index in [1.807, 2.05) is 0 Å². The molecule has 0 amide bonds. The van der Waals surface area contributed by atoms with Gasteiger partial charge < -0.3 is 0 Å². The fraction of sp³-hybridized carbons (Fsp3) is 1.00. The number of rotatable bonds is 4. The average Bonchev–Trinajstić information content (AvgIpc) is 2.80. The van der Waals surface area contributed by atoms with Gasteiger partial charge in [-0.2, -0.15) is 5.12 Å². The standard InChI is InChI=1S/C13H27N3/c1-13(2)12-16(15-10-6-7-11-15)14-8-4-3-5-9-14/h13H,3-12H2,1-2H3/p+1. The molecule has 94 valence electrons. The highest BCUT2D eigenvalue weighted by atomic mass is 15.9. The molecular weight excluding hydrogens is 198 g/mol. The van der Waals surface area contributed by atoms with Crippen LogP contribution in [0.2, 0.25) is 0 Å². The Morgan fingerprint density at radius 1 is 0.812 bits per heavy atom. The third-order valence-electron chi connectivity index (χ3n) is 3.78. The van der Waals surface area contributed by atoms with Gasteiger partial charge in [-0.1, -0.05) is 20.3 Å². The molecule has 1 N–H and O–H groups in total. The minimum atomic E-state index is 0.789. The summed E-state index contributed by atoms with van der Waals surface area (Å²) >= 11 is 0. The van der Waals surface area contributed by atoms with E-state index in [1.54, 1.807) is 5.12 Å². The van der Waals surface area contributed by atoms with Crippen LogP contribution in [-0.2, 0) is 0 Å². The molecule has 0 bridgehead atoms. The molecule has 2 heterocycles. The van der Waals surface area contributed by atoms with Crippen LogP contribution in [0.1, 0.15) is 46.0 Å². The van der Waals surface area contributed by atoms with Crippen LogP contribution in [0.3, 0.4) is 0 Å². The Hall–Kier alpha value is -0.120. The smallest absolute Gasteiger partial charge is 0.116 e. The second-order valence-corrected chi connectivity index (χ2v) is 5.76. The molecule has 0 aromatic rings. The van der Waals surface area contributed by atoms with Gasteiger partial charge in [-0.05, 0) is 25.7 Å². The van der Waals surface area contributed by atoms with Gasteiger partial charge in [-0.25, -0.2) is 0 Å². The fourth-order valence-corrected chi connectivity index (χ4v) is 2.95. The van der Waals surface area contributed by atoms with Crippen LogP contribution in [0.5, 0.6) is 0 Å². The largest absolute Gasteiger partial charge is 0.177 e. The molecule has 3 nitrogen and oxygen atoms in total. The van der Waals surface area contributed by atoms with Crippen molar-refractivity contribution in [1.29, 1.82) is 0 Å². The zero-order chi connectivity index (χ0) is 11.4. The van der Waals surface area contributed by atoms with Crippen molar-refractivity contribution in [2.24, 2.45) is 5.92 Å². The van der Waals surface area contributed by atoms with Gasteiger partial charge in [0.2, 0.25) is 0 Å². The lowest BCUT2D eigenvalue weighted by molar-refractivity contribution is -1.12. The van der Waals surface area contributed by atoms with E-state index < -0.39 is 0 Å². The Morgan fingerprint density at radius 3 is 1.69 bits per heavy atom. The zero-order valence-corrected chi connectivity index (χ0v) is 11.0. The molecule has 3 heteroatoms. The maximum absolute atomic E-state index is 2.68. The lowest BCUT2D eigenvalue weighted by atomic mass is 10.1. The number of nitrogens with zero attached hydrogens (tertiary/aromatic N) is 2. The van der Waals surface area contributed by atoms with E-state index in [-0.39, 0.29) is 0 Å². The van der Waals surface area contributed by atoms with E-state index in [1.165, 1.54) is 64.8 Å². The van der Waals surface area contributed by atoms with Crippen LogP contribution < -0.4 is 5.12 Å². The number of nitrogens with one attached hydrogen (secondary N) is 1. The second kappa shape index (κ2) is 5.99. The first-order valence-corrected chi connectivity index (χ1v) is 7.13. The van der Waals surface area contributed by atoms with Crippen molar-refractivity contribution in [2.45, 2.75) is 46.0 Å². The lowest BCUT2D eigenvalue weighted by Crippen LogP contribution is -3.24. The molecule has 0 aromatic heterocycles. The van der Waals surface area contributed by atoms with Gasteiger partial charge in [0, 0.05) is 32.1 Å². The van der Waals surface area contributed by atoms with Gasteiger partial charge in [-0.3, -0.25) is 0 Å². The number of hydrogen-bond acceptors (Lipinski definition) is 2. The Morgan fingerprint density at radius 2 is 1.25 bits per heavy atom. The van der Waals surface area contributed by atoms with Crippen molar-refractivity contribution in [3.8, 4) is 0 Å². The summed E-state index contributed by atoms with van der Waals surface area (Å²) in [4.78, 5) is 0. The third kappa shape index (κ3) is 3.19. The quantitative estimate of drug-likeness (QED) is 0.765. The third-order valence-corrected chi connectivity index (χ3v) is 3.78. The Labute approximate surface area is 100 Å². The fourth-order valence-electron chi connectivity index (χ4n) is 2.95. The average molecular weight is 226 g/mol. The molecule has 0 spiro atoms. The van der Waals surface area contributed by atoms with Crippen LogP contribution >= 0.6 is 0 Å². The summed E-state index contributed by atoms with van der Waals surface area (Å²) in [5, 5.41) is 6.99. The van der Waals surface area contributed by atoms with E-state index >= 15 is 0 Å². The monoisotopic (exact) mass is 226 g/mol. The minimum Gasteiger partial charge on any atom is -0.177 e. The topological polar surface area (TPSA) is 10.9 Å². The molecule has 2 fully saturated rings. The summed E-state index contributed by atoms with van der Waals surface area (Å²) in [6.07, 6.45) is 7.03. The Kier molecular flexibility index (Phi) is 4.62.